The molecule has 0 aliphatic heterocycles. The molecule has 0 aromatic carbocycles. The van der Waals surface area contributed by atoms with Gasteiger partial charge in [-0.25, -0.2) is 4.98 Å². The first-order valence-corrected chi connectivity index (χ1v) is 6.09. The minimum absolute atomic E-state index is 0.0927. The number of hydrogen-bond donors (Lipinski definition) is 1. The molecule has 0 saturated carbocycles. The maximum atomic E-state index is 11.5. The maximum Gasteiger partial charge on any atom is 0.239 e. The third-order valence-corrected chi connectivity index (χ3v) is 2.46. The zero-order chi connectivity index (χ0) is 12.8. The fraction of sp³-hybridized carbons (Fsp3) is 0.273. The molecular formula is C11H13BrClN3O. The van der Waals surface area contributed by atoms with E-state index in [0.29, 0.717) is 17.4 Å². The molecule has 0 atom stereocenters. The Balaban J connectivity index is 2.48. The molecule has 0 radical (unpaired) electrons. The molecule has 1 aromatic rings. The minimum atomic E-state index is -0.0927. The summed E-state index contributed by atoms with van der Waals surface area (Å²) in [5, 5.41) is 3.28. The molecule has 6 heteroatoms. The fourth-order valence-electron chi connectivity index (χ4n) is 1.14. The van der Waals surface area contributed by atoms with Gasteiger partial charge in [-0.2, -0.15) is 0 Å². The summed E-state index contributed by atoms with van der Waals surface area (Å²) in [6.07, 6.45) is 1.55. The summed E-state index contributed by atoms with van der Waals surface area (Å²) in [4.78, 5) is 17.4. The number of carbonyl (C=O) groups is 1. The van der Waals surface area contributed by atoms with Gasteiger partial charge in [0, 0.05) is 24.3 Å². The van der Waals surface area contributed by atoms with Crippen LogP contribution in [0.15, 0.2) is 29.4 Å². The zero-order valence-electron chi connectivity index (χ0n) is 9.41. The minimum Gasteiger partial charge on any atom is -0.350 e. The van der Waals surface area contributed by atoms with E-state index >= 15 is 0 Å². The van der Waals surface area contributed by atoms with E-state index in [1.54, 1.807) is 30.3 Å². The van der Waals surface area contributed by atoms with Crippen LogP contribution in [0.4, 0.5) is 5.82 Å². The molecule has 1 heterocycles. The Labute approximate surface area is 114 Å². The van der Waals surface area contributed by atoms with Crippen LogP contribution >= 0.6 is 27.5 Å². The molecule has 1 rings (SSSR count). The van der Waals surface area contributed by atoms with Crippen molar-refractivity contribution in [1.29, 1.82) is 0 Å². The number of likely N-dealkylation sites (N-methyl/N-ethyl adjacent to an activating group) is 1. The zero-order valence-corrected chi connectivity index (χ0v) is 11.8. The number of pyridine rings is 1. The van der Waals surface area contributed by atoms with Crippen LogP contribution in [0.1, 0.15) is 0 Å². The van der Waals surface area contributed by atoms with Crippen molar-refractivity contribution in [1.82, 2.24) is 10.3 Å². The van der Waals surface area contributed by atoms with Gasteiger partial charge in [0.2, 0.25) is 5.91 Å². The highest BCUT2D eigenvalue weighted by molar-refractivity contribution is 9.11. The van der Waals surface area contributed by atoms with Crippen LogP contribution in [-0.2, 0) is 4.79 Å². The van der Waals surface area contributed by atoms with Crippen molar-refractivity contribution in [3.8, 4) is 0 Å². The molecule has 0 unspecified atom stereocenters. The van der Waals surface area contributed by atoms with Crippen LogP contribution in [0.3, 0.4) is 0 Å². The highest BCUT2D eigenvalue weighted by Gasteiger charge is 2.07. The predicted molar refractivity (Wildman–Crippen MR) is 73.6 cm³/mol. The molecule has 1 aromatic heterocycles. The molecule has 0 saturated heterocycles. The molecule has 0 aliphatic rings. The van der Waals surface area contributed by atoms with Gasteiger partial charge in [0.25, 0.3) is 0 Å². The SMILES string of the molecule is C=C(Br)CNC(=O)CN(C)c1ccc(Cl)cn1. The first kappa shape index (κ1) is 14.0. The van der Waals surface area contributed by atoms with Crippen LogP contribution in [0.5, 0.6) is 0 Å². The lowest BCUT2D eigenvalue weighted by Crippen LogP contribution is -2.35. The Morgan fingerprint density at radius 1 is 1.65 bits per heavy atom. The Morgan fingerprint density at radius 3 is 2.88 bits per heavy atom. The first-order valence-electron chi connectivity index (χ1n) is 4.91. The Kier molecular flexibility index (Phi) is 5.44. The lowest BCUT2D eigenvalue weighted by Gasteiger charge is -2.17. The second-order valence-electron chi connectivity index (χ2n) is 3.48. The third kappa shape index (κ3) is 5.19. The average Bonchev–Trinajstić information content (AvgIpc) is 2.27. The van der Waals surface area contributed by atoms with E-state index in [9.17, 15) is 4.79 Å². The molecule has 0 bridgehead atoms. The molecular weight excluding hydrogens is 305 g/mol. The van der Waals surface area contributed by atoms with Crippen LogP contribution in [0.2, 0.25) is 5.02 Å². The largest absolute Gasteiger partial charge is 0.350 e. The number of halogens is 2. The summed E-state index contributed by atoms with van der Waals surface area (Å²) in [5.41, 5.74) is 0. The topological polar surface area (TPSA) is 45.2 Å². The van der Waals surface area contributed by atoms with Gasteiger partial charge in [0.15, 0.2) is 0 Å². The van der Waals surface area contributed by atoms with Gasteiger partial charge in [-0.1, -0.05) is 34.1 Å². The molecule has 92 valence electrons. The summed E-state index contributed by atoms with van der Waals surface area (Å²) in [6.45, 7) is 4.28. The highest BCUT2D eigenvalue weighted by Crippen LogP contribution is 2.12. The van der Waals surface area contributed by atoms with Crippen molar-refractivity contribution < 1.29 is 4.79 Å². The molecule has 4 nitrogen and oxygen atoms in total. The quantitative estimate of drug-likeness (QED) is 0.905. The second kappa shape index (κ2) is 6.61. The third-order valence-electron chi connectivity index (χ3n) is 1.96. The van der Waals surface area contributed by atoms with Gasteiger partial charge in [-0.3, -0.25) is 4.79 Å². The van der Waals surface area contributed by atoms with E-state index in [1.165, 1.54) is 0 Å². The molecule has 1 amide bonds. The van der Waals surface area contributed by atoms with Crippen LogP contribution in [-0.4, -0.2) is 31.0 Å². The van der Waals surface area contributed by atoms with Crippen molar-refractivity contribution in [3.63, 3.8) is 0 Å². The Bertz CT molecular complexity index is 408. The van der Waals surface area contributed by atoms with Crippen LogP contribution < -0.4 is 10.2 Å². The highest BCUT2D eigenvalue weighted by atomic mass is 79.9. The van der Waals surface area contributed by atoms with Gasteiger partial charge < -0.3 is 10.2 Å². The smallest absolute Gasteiger partial charge is 0.239 e. The lowest BCUT2D eigenvalue weighted by molar-refractivity contribution is -0.119. The van der Waals surface area contributed by atoms with E-state index in [2.05, 4.69) is 32.8 Å². The first-order chi connectivity index (χ1) is 7.99. The number of aromatic nitrogens is 1. The van der Waals surface area contributed by atoms with Gasteiger partial charge in [-0.05, 0) is 12.1 Å². The van der Waals surface area contributed by atoms with Crippen molar-refractivity contribution in [3.05, 3.63) is 34.4 Å². The summed E-state index contributed by atoms with van der Waals surface area (Å²) in [5.74, 6) is 0.604. The number of hydrogen-bond acceptors (Lipinski definition) is 3. The van der Waals surface area contributed by atoms with E-state index in [4.69, 9.17) is 11.6 Å². The summed E-state index contributed by atoms with van der Waals surface area (Å²) in [6, 6.07) is 3.50. The van der Waals surface area contributed by atoms with E-state index in [-0.39, 0.29) is 12.5 Å². The maximum absolute atomic E-state index is 11.5. The number of amides is 1. The summed E-state index contributed by atoms with van der Waals surface area (Å²) < 4.78 is 0.734. The summed E-state index contributed by atoms with van der Waals surface area (Å²) >= 11 is 8.90. The van der Waals surface area contributed by atoms with Crippen molar-refractivity contribution >= 4 is 39.3 Å². The van der Waals surface area contributed by atoms with E-state index < -0.39 is 0 Å². The number of carbonyl (C=O) groups excluding carboxylic acids is 1. The van der Waals surface area contributed by atoms with Gasteiger partial charge in [-0.15, -0.1) is 0 Å². The standard InChI is InChI=1S/C11H13BrClN3O/c1-8(12)5-15-11(17)7-16(2)10-4-3-9(13)6-14-10/h3-4,6H,1,5,7H2,2H3,(H,15,17). The number of anilines is 1. The molecule has 1 N–H and O–H groups in total. The molecule has 0 fully saturated rings. The number of rotatable bonds is 5. The average molecular weight is 319 g/mol. The number of nitrogens with zero attached hydrogens (tertiary/aromatic N) is 2. The van der Waals surface area contributed by atoms with Crippen molar-refractivity contribution in [2.75, 3.05) is 25.0 Å². The van der Waals surface area contributed by atoms with Gasteiger partial charge in [0.05, 0.1) is 11.6 Å². The van der Waals surface area contributed by atoms with E-state index in [0.717, 1.165) is 4.48 Å². The summed E-state index contributed by atoms with van der Waals surface area (Å²) in [7, 11) is 1.79. The number of nitrogens with one attached hydrogen (secondary N) is 1. The molecule has 0 aliphatic carbocycles. The fourth-order valence-corrected chi connectivity index (χ4v) is 1.39. The molecule has 17 heavy (non-hydrogen) atoms. The Morgan fingerprint density at radius 2 is 2.35 bits per heavy atom. The van der Waals surface area contributed by atoms with E-state index in [1.807, 2.05) is 0 Å². The van der Waals surface area contributed by atoms with Gasteiger partial charge in [0.1, 0.15) is 5.82 Å². The molecule has 0 spiro atoms. The Hall–Kier alpha value is -1.07. The van der Waals surface area contributed by atoms with Crippen LogP contribution in [0, 0.1) is 0 Å². The second-order valence-corrected chi connectivity index (χ2v) is 5.04. The van der Waals surface area contributed by atoms with Gasteiger partial charge >= 0.3 is 0 Å². The van der Waals surface area contributed by atoms with Crippen LogP contribution in [0.25, 0.3) is 0 Å². The monoisotopic (exact) mass is 317 g/mol. The van der Waals surface area contributed by atoms with Crippen molar-refractivity contribution in [2.45, 2.75) is 0 Å². The normalized spacial score (nSPS) is 9.82. The van der Waals surface area contributed by atoms with Crippen molar-refractivity contribution in [2.24, 2.45) is 0 Å². The predicted octanol–water partition coefficient (Wildman–Crippen LogP) is 2.20. The lowest BCUT2D eigenvalue weighted by atomic mass is 10.4.